The lowest BCUT2D eigenvalue weighted by molar-refractivity contribution is -0.135. The molecule has 0 saturated heterocycles. The van der Waals surface area contributed by atoms with Crippen molar-refractivity contribution < 1.29 is 32.6 Å². The van der Waals surface area contributed by atoms with Crippen LogP contribution in [0.25, 0.3) is 0 Å². The number of thiophene rings is 1. The van der Waals surface area contributed by atoms with Crippen LogP contribution >= 0.6 is 11.3 Å². The number of aryl methyl sites for hydroxylation is 3. The largest absolute Gasteiger partial charge is 0.490 e. The van der Waals surface area contributed by atoms with E-state index in [0.29, 0.717) is 53.9 Å². The van der Waals surface area contributed by atoms with Crippen LogP contribution in [-0.4, -0.2) is 42.1 Å². The zero-order chi connectivity index (χ0) is 29.1. The molecule has 1 aromatic heterocycles. The number of rotatable bonds is 11. The number of aliphatic hydroxyl groups excluding tert-OH is 1. The summed E-state index contributed by atoms with van der Waals surface area (Å²) in [6.45, 7) is 9.33. The number of ether oxygens (including phenoxy) is 1. The van der Waals surface area contributed by atoms with Crippen LogP contribution in [0.5, 0.6) is 5.75 Å². The number of carbonyl (C=O) groups is 2. The fraction of sp³-hybridized carbons (Fsp3) is 0.586. The summed E-state index contributed by atoms with van der Waals surface area (Å²) in [5, 5.41) is 12.7. The Balaban J connectivity index is 1.70. The summed E-state index contributed by atoms with van der Waals surface area (Å²) < 4.78 is 47.2. The van der Waals surface area contributed by atoms with Gasteiger partial charge in [0.25, 0.3) is 0 Å². The maximum atomic E-state index is 13.8. The first kappa shape index (κ1) is 31.1. The number of fused-ring (bicyclic) bond motifs is 1. The number of nitrogens with two attached hydrogens (primary N) is 1. The predicted molar refractivity (Wildman–Crippen MR) is 146 cm³/mol. The molecule has 2 aromatic rings. The lowest BCUT2D eigenvalue weighted by Gasteiger charge is -2.30. The van der Waals surface area contributed by atoms with Gasteiger partial charge in [-0.3, -0.25) is 9.59 Å². The highest BCUT2D eigenvalue weighted by Gasteiger charge is 2.42. The van der Waals surface area contributed by atoms with E-state index in [0.717, 1.165) is 23.1 Å². The number of aliphatic hydroxyl groups is 1. The van der Waals surface area contributed by atoms with Gasteiger partial charge in [-0.25, -0.2) is 0 Å². The van der Waals surface area contributed by atoms with Crippen LogP contribution in [0.3, 0.4) is 0 Å². The van der Waals surface area contributed by atoms with Gasteiger partial charge in [-0.2, -0.15) is 13.2 Å². The number of amides is 1. The molecule has 0 fully saturated rings. The molecule has 1 aliphatic carbocycles. The fourth-order valence-electron chi connectivity index (χ4n) is 4.97. The highest BCUT2D eigenvalue weighted by Crippen LogP contribution is 2.47. The molecule has 0 spiro atoms. The second-order valence-corrected chi connectivity index (χ2v) is 12.3. The van der Waals surface area contributed by atoms with E-state index in [1.165, 1.54) is 0 Å². The number of carbonyl (C=O) groups excluding carboxylic acids is 2. The monoisotopic (exact) mass is 568 g/mol. The Morgan fingerprint density at radius 1 is 1.26 bits per heavy atom. The molecule has 0 aliphatic heterocycles. The van der Waals surface area contributed by atoms with Gasteiger partial charge in [0.2, 0.25) is 5.91 Å². The van der Waals surface area contributed by atoms with Crippen molar-refractivity contribution in [1.29, 1.82) is 0 Å². The van der Waals surface area contributed by atoms with E-state index in [-0.39, 0.29) is 41.6 Å². The van der Waals surface area contributed by atoms with Gasteiger partial charge in [0, 0.05) is 13.0 Å². The summed E-state index contributed by atoms with van der Waals surface area (Å²) in [6, 6.07) is 3.17. The number of halogens is 3. The number of nitrogens with one attached hydrogen (secondary N) is 1. The normalized spacial score (nSPS) is 16.4. The summed E-state index contributed by atoms with van der Waals surface area (Å²) in [7, 11) is 0. The first-order valence-electron chi connectivity index (χ1n) is 13.3. The molecule has 1 aliphatic rings. The fourth-order valence-corrected chi connectivity index (χ4v) is 6.17. The second-order valence-electron chi connectivity index (χ2n) is 11.2. The molecule has 3 rings (SSSR count). The van der Waals surface area contributed by atoms with E-state index in [1.54, 1.807) is 6.92 Å². The zero-order valence-electron chi connectivity index (χ0n) is 23.3. The maximum Gasteiger partial charge on any atom is 0.425 e. The van der Waals surface area contributed by atoms with Crippen molar-refractivity contribution in [3.8, 4) is 5.75 Å². The van der Waals surface area contributed by atoms with Gasteiger partial charge in [0.05, 0.1) is 10.9 Å². The molecule has 2 atom stereocenters. The molecule has 6 nitrogen and oxygen atoms in total. The Morgan fingerprint density at radius 3 is 2.56 bits per heavy atom. The Morgan fingerprint density at radius 2 is 1.95 bits per heavy atom. The van der Waals surface area contributed by atoms with Gasteiger partial charge < -0.3 is 20.9 Å². The number of benzene rings is 1. The minimum absolute atomic E-state index is 0.0149. The number of Topliss-reactive ketones (excluding diaryl/α,β-unsaturated/α-hetero) is 1. The third-order valence-electron chi connectivity index (χ3n) is 7.11. The summed E-state index contributed by atoms with van der Waals surface area (Å²) in [4.78, 5) is 24.4. The van der Waals surface area contributed by atoms with E-state index in [2.05, 4.69) is 5.32 Å². The van der Waals surface area contributed by atoms with E-state index in [1.807, 2.05) is 39.8 Å². The molecule has 0 saturated carbocycles. The Hall–Kier alpha value is -2.43. The molecule has 0 radical (unpaired) electrons. The predicted octanol–water partition coefficient (Wildman–Crippen LogP) is 5.17. The van der Waals surface area contributed by atoms with E-state index < -0.39 is 23.2 Å². The summed E-state index contributed by atoms with van der Waals surface area (Å²) in [5.74, 6) is 0.0225. The number of hydrogen-bond donors (Lipinski definition) is 3. The van der Waals surface area contributed by atoms with Crippen molar-refractivity contribution in [1.82, 2.24) is 5.32 Å². The van der Waals surface area contributed by atoms with Gasteiger partial charge in [-0.1, -0.05) is 32.9 Å². The molecule has 4 N–H and O–H groups in total. The van der Waals surface area contributed by atoms with Crippen LogP contribution in [0.4, 0.5) is 13.2 Å². The maximum absolute atomic E-state index is 13.8. The van der Waals surface area contributed by atoms with Crippen molar-refractivity contribution in [2.24, 2.45) is 11.1 Å². The van der Waals surface area contributed by atoms with E-state index in [9.17, 15) is 27.9 Å². The van der Waals surface area contributed by atoms with Gasteiger partial charge in [0.1, 0.15) is 23.3 Å². The third-order valence-corrected chi connectivity index (χ3v) is 8.47. The number of hydrogen-bond acceptors (Lipinski definition) is 6. The average molecular weight is 569 g/mol. The molecule has 216 valence electrons. The Bertz CT molecular complexity index is 1200. The Kier molecular flexibility index (Phi) is 9.88. The molecule has 1 amide bonds. The summed E-state index contributed by atoms with van der Waals surface area (Å²) in [6.07, 6.45) is -2.64. The number of ketones is 1. The van der Waals surface area contributed by atoms with Crippen molar-refractivity contribution in [2.75, 3.05) is 13.2 Å². The number of alkyl halides is 3. The summed E-state index contributed by atoms with van der Waals surface area (Å²) in [5.41, 5.74) is 8.80. The van der Waals surface area contributed by atoms with Crippen molar-refractivity contribution >= 4 is 23.0 Å². The van der Waals surface area contributed by atoms with Gasteiger partial charge >= 0.3 is 6.18 Å². The average Bonchev–Trinajstić information content (AvgIpc) is 3.22. The quantitative estimate of drug-likeness (QED) is 0.325. The van der Waals surface area contributed by atoms with Crippen molar-refractivity contribution in [2.45, 2.75) is 91.5 Å². The third kappa shape index (κ3) is 7.83. The molecule has 1 aromatic carbocycles. The highest BCUT2D eigenvalue weighted by molar-refractivity contribution is 7.14. The van der Waals surface area contributed by atoms with Crippen molar-refractivity contribution in [3.05, 3.63) is 49.7 Å². The standard InChI is InChI=1S/C29H39F3N2O4S/c1-6-19-12-18(11-16(2)24(19)38-15-20(35)14-34-27(37)17(3)33)7-8-23(36)25-21-9-10-28(4,5)13-22(21)26(39-25)29(30,31)32/h11-12,17,20,35H,6-10,13-15,33H2,1-5H3,(H,34,37). The SMILES string of the molecule is CCc1cc(CCC(=O)c2sc(C(F)(F)F)c3c2CCC(C)(C)C3)cc(C)c1OCC(O)CNC(=O)C(C)N. The van der Waals surface area contributed by atoms with Crippen LogP contribution < -0.4 is 15.8 Å². The van der Waals surface area contributed by atoms with Gasteiger partial charge in [0.15, 0.2) is 5.78 Å². The van der Waals surface area contributed by atoms with E-state index >= 15 is 0 Å². The lowest BCUT2D eigenvalue weighted by atomic mass is 9.74. The minimum atomic E-state index is -4.47. The molecular weight excluding hydrogens is 529 g/mol. The smallest absolute Gasteiger partial charge is 0.425 e. The van der Waals surface area contributed by atoms with Crippen LogP contribution in [0.2, 0.25) is 0 Å². The first-order chi connectivity index (χ1) is 18.1. The van der Waals surface area contributed by atoms with Crippen molar-refractivity contribution in [3.63, 3.8) is 0 Å². The second kappa shape index (κ2) is 12.4. The van der Waals surface area contributed by atoms with Crippen LogP contribution in [0.1, 0.15) is 82.9 Å². The molecule has 2 unspecified atom stereocenters. The summed E-state index contributed by atoms with van der Waals surface area (Å²) >= 11 is 0.605. The molecular formula is C29H39F3N2O4S. The topological polar surface area (TPSA) is 102 Å². The zero-order valence-corrected chi connectivity index (χ0v) is 24.1. The van der Waals surface area contributed by atoms with Crippen LogP contribution in [0, 0.1) is 12.3 Å². The molecule has 1 heterocycles. The van der Waals surface area contributed by atoms with Crippen LogP contribution in [-0.2, 0) is 36.7 Å². The van der Waals surface area contributed by atoms with E-state index in [4.69, 9.17) is 10.5 Å². The molecule has 0 bridgehead atoms. The first-order valence-corrected chi connectivity index (χ1v) is 14.2. The van der Waals surface area contributed by atoms with Crippen LogP contribution in [0.15, 0.2) is 12.1 Å². The van der Waals surface area contributed by atoms with Gasteiger partial charge in [-0.05, 0) is 79.2 Å². The molecule has 10 heteroatoms. The highest BCUT2D eigenvalue weighted by atomic mass is 32.1. The molecule has 39 heavy (non-hydrogen) atoms. The Labute approximate surface area is 232 Å². The minimum Gasteiger partial charge on any atom is -0.490 e. The van der Waals surface area contributed by atoms with Gasteiger partial charge in [-0.15, -0.1) is 11.3 Å². The lowest BCUT2D eigenvalue weighted by Crippen LogP contribution is -2.43.